The Bertz CT molecular complexity index is 634. The Balaban J connectivity index is 1.34. The van der Waals surface area contributed by atoms with Crippen LogP contribution in [0.5, 0.6) is 0 Å². The Morgan fingerprint density at radius 2 is 2.00 bits per heavy atom. The Hall–Kier alpha value is -1.82. The second-order valence-electron chi connectivity index (χ2n) is 8.02. The summed E-state index contributed by atoms with van der Waals surface area (Å²) in [5.41, 5.74) is 1.71. The molecule has 2 aliphatic rings. The first-order valence-corrected chi connectivity index (χ1v) is 10.5. The number of nitrogens with one attached hydrogen (secondary N) is 2. The van der Waals surface area contributed by atoms with Crippen LogP contribution in [-0.4, -0.2) is 65.4 Å². The first-order chi connectivity index (χ1) is 13.1. The van der Waals surface area contributed by atoms with Crippen molar-refractivity contribution in [3.63, 3.8) is 0 Å². The van der Waals surface area contributed by atoms with Crippen molar-refractivity contribution < 1.29 is 9.59 Å². The summed E-state index contributed by atoms with van der Waals surface area (Å²) in [5, 5.41) is 3.13. The minimum atomic E-state index is 0.127. The molecule has 6 nitrogen and oxygen atoms in total. The van der Waals surface area contributed by atoms with Gasteiger partial charge in [0.1, 0.15) is 0 Å². The van der Waals surface area contributed by atoms with Gasteiger partial charge in [0.2, 0.25) is 5.91 Å². The lowest BCUT2D eigenvalue weighted by atomic mass is 9.91. The highest BCUT2D eigenvalue weighted by Crippen LogP contribution is 2.23. The predicted octanol–water partition coefficient (Wildman–Crippen LogP) is 2.56. The van der Waals surface area contributed by atoms with Crippen LogP contribution in [0.15, 0.2) is 12.3 Å². The number of nitrogens with zero attached hydrogens (tertiary/aromatic N) is 2. The molecule has 0 aliphatic carbocycles. The zero-order valence-electron chi connectivity index (χ0n) is 16.8. The van der Waals surface area contributed by atoms with Gasteiger partial charge in [-0.1, -0.05) is 6.92 Å². The SMILES string of the molecule is CCN1CCC[C@H]1CNC(=O)CCC1CCN(C(=O)c2cc[nH]c2C)CC1. The van der Waals surface area contributed by atoms with Crippen molar-refractivity contribution in [2.45, 2.75) is 58.4 Å². The van der Waals surface area contributed by atoms with Crippen molar-refractivity contribution in [3.8, 4) is 0 Å². The summed E-state index contributed by atoms with van der Waals surface area (Å²) in [4.78, 5) is 32.2. The number of H-pyrrole nitrogens is 1. The average molecular weight is 375 g/mol. The van der Waals surface area contributed by atoms with Crippen LogP contribution >= 0.6 is 0 Å². The molecule has 0 radical (unpaired) electrons. The van der Waals surface area contributed by atoms with Gasteiger partial charge in [-0.05, 0) is 64.1 Å². The third-order valence-electron chi connectivity index (χ3n) is 6.31. The van der Waals surface area contributed by atoms with E-state index in [9.17, 15) is 9.59 Å². The minimum Gasteiger partial charge on any atom is -0.365 e. The monoisotopic (exact) mass is 374 g/mol. The standard InChI is InChI=1S/C21H34N4O2/c1-3-24-12-4-5-18(24)15-23-20(26)7-6-17-9-13-25(14-10-17)21(27)19-8-11-22-16(19)2/h8,11,17-18,22H,3-7,9-10,12-15H2,1-2H3,(H,23,26)/t18-/m0/s1. The number of amides is 2. The maximum absolute atomic E-state index is 12.6. The molecule has 1 aromatic rings. The van der Waals surface area contributed by atoms with Gasteiger partial charge in [0.05, 0.1) is 5.56 Å². The van der Waals surface area contributed by atoms with E-state index < -0.39 is 0 Å². The number of piperidine rings is 1. The van der Waals surface area contributed by atoms with Crippen LogP contribution in [0.3, 0.4) is 0 Å². The van der Waals surface area contributed by atoms with E-state index in [0.717, 1.165) is 63.2 Å². The van der Waals surface area contributed by atoms with Crippen molar-refractivity contribution in [3.05, 3.63) is 23.5 Å². The van der Waals surface area contributed by atoms with Gasteiger partial charge in [-0.15, -0.1) is 0 Å². The molecule has 3 rings (SSSR count). The average Bonchev–Trinajstić information content (AvgIpc) is 3.32. The molecule has 2 aliphatic heterocycles. The number of likely N-dealkylation sites (N-methyl/N-ethyl adjacent to an activating group) is 1. The number of carbonyl (C=O) groups excluding carboxylic acids is 2. The summed E-state index contributed by atoms with van der Waals surface area (Å²) in [6, 6.07) is 2.38. The van der Waals surface area contributed by atoms with E-state index in [2.05, 4.69) is 22.1 Å². The van der Waals surface area contributed by atoms with Gasteiger partial charge < -0.3 is 15.2 Å². The highest BCUT2D eigenvalue weighted by atomic mass is 16.2. The zero-order chi connectivity index (χ0) is 19.2. The first kappa shape index (κ1) is 19.9. The fourth-order valence-corrected chi connectivity index (χ4v) is 4.48. The summed E-state index contributed by atoms with van der Waals surface area (Å²) < 4.78 is 0. The molecular weight excluding hydrogens is 340 g/mol. The third kappa shape index (κ3) is 5.12. The van der Waals surface area contributed by atoms with Crippen LogP contribution in [0.1, 0.15) is 61.5 Å². The molecule has 0 bridgehead atoms. The minimum absolute atomic E-state index is 0.127. The molecule has 27 heavy (non-hydrogen) atoms. The Morgan fingerprint density at radius 3 is 2.67 bits per heavy atom. The van der Waals surface area contributed by atoms with Crippen molar-refractivity contribution >= 4 is 11.8 Å². The zero-order valence-corrected chi connectivity index (χ0v) is 16.8. The molecule has 0 unspecified atom stereocenters. The molecule has 2 fully saturated rings. The van der Waals surface area contributed by atoms with E-state index in [0.29, 0.717) is 18.4 Å². The second-order valence-corrected chi connectivity index (χ2v) is 8.02. The lowest BCUT2D eigenvalue weighted by Crippen LogP contribution is -2.40. The molecule has 150 valence electrons. The molecule has 0 aromatic carbocycles. The molecule has 3 heterocycles. The Labute approximate surface area is 162 Å². The maximum atomic E-state index is 12.6. The molecule has 1 aromatic heterocycles. The third-order valence-corrected chi connectivity index (χ3v) is 6.31. The maximum Gasteiger partial charge on any atom is 0.255 e. The second kappa shape index (κ2) is 9.40. The normalized spacial score (nSPS) is 21.6. The van der Waals surface area contributed by atoms with Crippen LogP contribution in [-0.2, 0) is 4.79 Å². The van der Waals surface area contributed by atoms with E-state index in [1.807, 2.05) is 24.1 Å². The van der Waals surface area contributed by atoms with Gasteiger partial charge in [-0.2, -0.15) is 0 Å². The summed E-state index contributed by atoms with van der Waals surface area (Å²) >= 11 is 0. The highest BCUT2D eigenvalue weighted by Gasteiger charge is 2.26. The fraction of sp³-hybridized carbons (Fsp3) is 0.714. The smallest absolute Gasteiger partial charge is 0.255 e. The number of hydrogen-bond donors (Lipinski definition) is 2. The molecule has 0 spiro atoms. The van der Waals surface area contributed by atoms with Crippen LogP contribution in [0, 0.1) is 12.8 Å². The topological polar surface area (TPSA) is 68.4 Å². The van der Waals surface area contributed by atoms with Crippen molar-refractivity contribution in [1.29, 1.82) is 0 Å². The van der Waals surface area contributed by atoms with Crippen LogP contribution in [0.2, 0.25) is 0 Å². The molecule has 1 atom stereocenters. The van der Waals surface area contributed by atoms with Crippen LogP contribution < -0.4 is 5.32 Å². The molecule has 2 N–H and O–H groups in total. The van der Waals surface area contributed by atoms with Gasteiger partial charge in [0.25, 0.3) is 5.91 Å². The summed E-state index contributed by atoms with van der Waals surface area (Å²) in [6.45, 7) is 8.73. The molecular formula is C21H34N4O2. The lowest BCUT2D eigenvalue weighted by Gasteiger charge is -2.32. The van der Waals surface area contributed by atoms with Gasteiger partial charge in [-0.25, -0.2) is 0 Å². The first-order valence-electron chi connectivity index (χ1n) is 10.5. The van der Waals surface area contributed by atoms with Gasteiger partial charge >= 0.3 is 0 Å². The van der Waals surface area contributed by atoms with Crippen molar-refractivity contribution in [2.24, 2.45) is 5.92 Å². The molecule has 6 heteroatoms. The fourth-order valence-electron chi connectivity index (χ4n) is 4.48. The van der Waals surface area contributed by atoms with Gasteiger partial charge in [0, 0.05) is 44.0 Å². The highest BCUT2D eigenvalue weighted by molar-refractivity contribution is 5.95. The Morgan fingerprint density at radius 1 is 1.22 bits per heavy atom. The van der Waals surface area contributed by atoms with E-state index in [4.69, 9.17) is 0 Å². The molecule has 2 saturated heterocycles. The van der Waals surface area contributed by atoms with Crippen LogP contribution in [0.4, 0.5) is 0 Å². The van der Waals surface area contributed by atoms with Gasteiger partial charge in [-0.3, -0.25) is 14.5 Å². The summed E-state index contributed by atoms with van der Waals surface area (Å²) in [6.07, 6.45) is 7.78. The van der Waals surface area contributed by atoms with E-state index in [1.165, 1.54) is 12.8 Å². The van der Waals surface area contributed by atoms with E-state index in [1.54, 1.807) is 0 Å². The summed E-state index contributed by atoms with van der Waals surface area (Å²) in [7, 11) is 0. The number of rotatable bonds is 7. The number of hydrogen-bond acceptors (Lipinski definition) is 3. The van der Waals surface area contributed by atoms with Gasteiger partial charge in [0.15, 0.2) is 0 Å². The predicted molar refractivity (Wildman–Crippen MR) is 107 cm³/mol. The van der Waals surface area contributed by atoms with E-state index in [-0.39, 0.29) is 11.8 Å². The van der Waals surface area contributed by atoms with E-state index >= 15 is 0 Å². The number of aryl methyl sites for hydroxylation is 1. The number of aromatic nitrogens is 1. The number of aromatic amines is 1. The molecule has 2 amide bonds. The lowest BCUT2D eigenvalue weighted by molar-refractivity contribution is -0.121. The quantitative estimate of drug-likeness (QED) is 0.771. The molecule has 0 saturated carbocycles. The number of carbonyl (C=O) groups is 2. The largest absolute Gasteiger partial charge is 0.365 e. The summed E-state index contributed by atoms with van der Waals surface area (Å²) in [5.74, 6) is 0.854. The van der Waals surface area contributed by atoms with Crippen LogP contribution in [0.25, 0.3) is 0 Å². The Kier molecular flexibility index (Phi) is 6.94. The number of likely N-dealkylation sites (tertiary alicyclic amines) is 2. The van der Waals surface area contributed by atoms with Crippen molar-refractivity contribution in [2.75, 3.05) is 32.7 Å². The van der Waals surface area contributed by atoms with Crippen molar-refractivity contribution in [1.82, 2.24) is 20.1 Å².